The Hall–Kier alpha value is -3.08. The number of amides is 2. The van der Waals surface area contributed by atoms with E-state index in [0.29, 0.717) is 26.1 Å². The molecule has 0 atom stereocenters. The quantitative estimate of drug-likeness (QED) is 0.679. The van der Waals surface area contributed by atoms with Crippen LogP contribution in [0.5, 0.6) is 0 Å². The van der Waals surface area contributed by atoms with Crippen molar-refractivity contribution in [2.75, 3.05) is 19.6 Å². The number of aromatic amines is 1. The first-order valence-electron chi connectivity index (χ1n) is 10.3. The van der Waals surface area contributed by atoms with Crippen LogP contribution in [0.4, 0.5) is 0 Å². The monoisotopic (exact) mass is 389 g/mol. The molecule has 0 saturated carbocycles. The number of piperidine rings is 1. The summed E-state index contributed by atoms with van der Waals surface area (Å²) >= 11 is 0. The van der Waals surface area contributed by atoms with Crippen LogP contribution in [0.1, 0.15) is 24.0 Å². The Morgan fingerprint density at radius 1 is 1.00 bits per heavy atom. The van der Waals surface area contributed by atoms with Gasteiger partial charge in [-0.15, -0.1) is 0 Å². The lowest BCUT2D eigenvalue weighted by Crippen LogP contribution is -2.43. The van der Waals surface area contributed by atoms with E-state index in [1.165, 1.54) is 10.9 Å². The number of para-hydroxylation sites is 1. The number of hydrogen-bond donors (Lipinski definition) is 2. The normalized spacial score (nSPS) is 14.8. The molecule has 0 bridgehead atoms. The highest BCUT2D eigenvalue weighted by Gasteiger charge is 2.27. The summed E-state index contributed by atoms with van der Waals surface area (Å²) in [6, 6.07) is 18.0. The summed E-state index contributed by atoms with van der Waals surface area (Å²) in [4.78, 5) is 30.2. The van der Waals surface area contributed by atoms with Crippen LogP contribution in [-0.4, -0.2) is 41.3 Å². The predicted octanol–water partition coefficient (Wildman–Crippen LogP) is 3.31. The minimum absolute atomic E-state index is 0.00116. The maximum Gasteiger partial charge on any atom is 0.226 e. The van der Waals surface area contributed by atoms with E-state index in [0.717, 1.165) is 30.3 Å². The largest absolute Gasteiger partial charge is 0.361 e. The summed E-state index contributed by atoms with van der Waals surface area (Å²) < 4.78 is 0. The number of aromatic nitrogens is 1. The van der Waals surface area contributed by atoms with E-state index in [2.05, 4.69) is 22.4 Å². The third-order valence-electron chi connectivity index (χ3n) is 5.79. The van der Waals surface area contributed by atoms with Crippen molar-refractivity contribution in [3.63, 3.8) is 0 Å². The highest BCUT2D eigenvalue weighted by atomic mass is 16.2. The van der Waals surface area contributed by atoms with Gasteiger partial charge in [-0.25, -0.2) is 0 Å². The Labute approximate surface area is 171 Å². The summed E-state index contributed by atoms with van der Waals surface area (Å²) in [5.41, 5.74) is 3.39. The van der Waals surface area contributed by atoms with Crippen LogP contribution >= 0.6 is 0 Å². The Morgan fingerprint density at radius 2 is 1.72 bits per heavy atom. The Morgan fingerprint density at radius 3 is 2.52 bits per heavy atom. The number of nitrogens with zero attached hydrogens (tertiary/aromatic N) is 1. The molecule has 0 spiro atoms. The SMILES string of the molecule is O=C(NCCc1c[nH]c2ccccc12)C1CCN(C(=O)Cc2ccccc2)CC1. The van der Waals surface area contributed by atoms with Gasteiger partial charge in [-0.3, -0.25) is 9.59 Å². The second-order valence-electron chi connectivity index (χ2n) is 7.72. The van der Waals surface area contributed by atoms with Crippen molar-refractivity contribution in [2.45, 2.75) is 25.7 Å². The maximum absolute atomic E-state index is 12.5. The molecule has 29 heavy (non-hydrogen) atoms. The van der Waals surface area contributed by atoms with Crippen molar-refractivity contribution < 1.29 is 9.59 Å². The van der Waals surface area contributed by atoms with Gasteiger partial charge in [-0.1, -0.05) is 48.5 Å². The fourth-order valence-electron chi connectivity index (χ4n) is 4.08. The van der Waals surface area contributed by atoms with Gasteiger partial charge in [0.1, 0.15) is 0 Å². The zero-order valence-corrected chi connectivity index (χ0v) is 16.6. The minimum atomic E-state index is -0.00116. The molecule has 0 aliphatic carbocycles. The first-order chi connectivity index (χ1) is 14.2. The average Bonchev–Trinajstić information content (AvgIpc) is 3.18. The second kappa shape index (κ2) is 8.95. The van der Waals surface area contributed by atoms with Crippen molar-refractivity contribution in [3.05, 3.63) is 71.9 Å². The molecule has 2 heterocycles. The lowest BCUT2D eigenvalue weighted by Gasteiger charge is -2.31. The van der Waals surface area contributed by atoms with Crippen molar-refractivity contribution >= 4 is 22.7 Å². The third-order valence-corrected chi connectivity index (χ3v) is 5.79. The zero-order valence-electron chi connectivity index (χ0n) is 16.6. The number of carbonyl (C=O) groups excluding carboxylic acids is 2. The van der Waals surface area contributed by atoms with Crippen LogP contribution < -0.4 is 5.32 Å². The van der Waals surface area contributed by atoms with E-state index >= 15 is 0 Å². The van der Waals surface area contributed by atoms with Crippen LogP contribution in [-0.2, 0) is 22.4 Å². The molecule has 1 aliphatic rings. The van der Waals surface area contributed by atoms with E-state index in [9.17, 15) is 9.59 Å². The van der Waals surface area contributed by atoms with Crippen LogP contribution in [0.3, 0.4) is 0 Å². The van der Waals surface area contributed by atoms with Crippen molar-refractivity contribution in [1.82, 2.24) is 15.2 Å². The molecule has 4 rings (SSSR count). The third kappa shape index (κ3) is 4.67. The first-order valence-corrected chi connectivity index (χ1v) is 10.3. The molecule has 1 fully saturated rings. The van der Waals surface area contributed by atoms with Crippen molar-refractivity contribution in [3.8, 4) is 0 Å². The summed E-state index contributed by atoms with van der Waals surface area (Å²) in [5.74, 6) is 0.258. The Kier molecular flexibility index (Phi) is 5.94. The number of likely N-dealkylation sites (tertiary alicyclic amines) is 1. The Balaban J connectivity index is 1.21. The lowest BCUT2D eigenvalue weighted by atomic mass is 9.95. The number of rotatable bonds is 6. The van der Waals surface area contributed by atoms with E-state index in [4.69, 9.17) is 0 Å². The van der Waals surface area contributed by atoms with Gasteiger partial charge >= 0.3 is 0 Å². The van der Waals surface area contributed by atoms with Gasteiger partial charge in [-0.2, -0.15) is 0 Å². The smallest absolute Gasteiger partial charge is 0.226 e. The number of hydrogen-bond acceptors (Lipinski definition) is 2. The molecule has 5 heteroatoms. The fourth-order valence-corrected chi connectivity index (χ4v) is 4.08. The van der Waals surface area contributed by atoms with Gasteiger partial charge in [0.2, 0.25) is 11.8 Å². The van der Waals surface area contributed by atoms with Gasteiger partial charge in [-0.05, 0) is 36.5 Å². The summed E-state index contributed by atoms with van der Waals surface area (Å²) in [6.45, 7) is 1.95. The van der Waals surface area contributed by atoms with Crippen molar-refractivity contribution in [2.24, 2.45) is 5.92 Å². The highest BCUT2D eigenvalue weighted by molar-refractivity contribution is 5.83. The fraction of sp³-hybridized carbons (Fsp3) is 0.333. The molecule has 2 aromatic carbocycles. The standard InChI is InChI=1S/C24H27N3O2/c28-23(16-18-6-2-1-3-7-18)27-14-11-19(12-15-27)24(29)25-13-10-20-17-26-22-9-5-4-8-21(20)22/h1-9,17,19,26H,10-16H2,(H,25,29). The number of H-pyrrole nitrogens is 1. The topological polar surface area (TPSA) is 65.2 Å². The lowest BCUT2D eigenvalue weighted by molar-refractivity contribution is -0.135. The molecule has 0 unspecified atom stereocenters. The molecular formula is C24H27N3O2. The molecular weight excluding hydrogens is 362 g/mol. The highest BCUT2D eigenvalue weighted by Crippen LogP contribution is 2.20. The molecule has 3 aromatic rings. The minimum Gasteiger partial charge on any atom is -0.361 e. The molecule has 1 aromatic heterocycles. The molecule has 1 aliphatic heterocycles. The predicted molar refractivity (Wildman–Crippen MR) is 114 cm³/mol. The van der Waals surface area contributed by atoms with Crippen LogP contribution in [0, 0.1) is 5.92 Å². The van der Waals surface area contributed by atoms with E-state index in [1.807, 2.05) is 53.6 Å². The second-order valence-corrected chi connectivity index (χ2v) is 7.72. The van der Waals surface area contributed by atoms with Gasteiger partial charge in [0.15, 0.2) is 0 Å². The average molecular weight is 389 g/mol. The number of nitrogens with one attached hydrogen (secondary N) is 2. The number of benzene rings is 2. The van der Waals surface area contributed by atoms with Gasteiger partial charge in [0, 0.05) is 42.7 Å². The van der Waals surface area contributed by atoms with Crippen LogP contribution in [0.15, 0.2) is 60.8 Å². The van der Waals surface area contributed by atoms with Gasteiger partial charge in [0.05, 0.1) is 6.42 Å². The first kappa shape index (κ1) is 19.2. The maximum atomic E-state index is 12.5. The summed E-state index contributed by atoms with van der Waals surface area (Å²) in [5, 5.41) is 4.30. The van der Waals surface area contributed by atoms with Crippen LogP contribution in [0.2, 0.25) is 0 Å². The molecule has 150 valence electrons. The summed E-state index contributed by atoms with van der Waals surface area (Å²) in [6.07, 6.45) is 4.74. The number of carbonyl (C=O) groups is 2. The van der Waals surface area contributed by atoms with Gasteiger partial charge in [0.25, 0.3) is 0 Å². The zero-order chi connectivity index (χ0) is 20.1. The molecule has 5 nitrogen and oxygen atoms in total. The van der Waals surface area contributed by atoms with E-state index < -0.39 is 0 Å². The van der Waals surface area contributed by atoms with E-state index in [1.54, 1.807) is 0 Å². The molecule has 1 saturated heterocycles. The number of fused-ring (bicyclic) bond motifs is 1. The van der Waals surface area contributed by atoms with Crippen LogP contribution in [0.25, 0.3) is 10.9 Å². The van der Waals surface area contributed by atoms with Crippen molar-refractivity contribution in [1.29, 1.82) is 0 Å². The van der Waals surface area contributed by atoms with E-state index in [-0.39, 0.29) is 17.7 Å². The molecule has 2 N–H and O–H groups in total. The summed E-state index contributed by atoms with van der Waals surface area (Å²) in [7, 11) is 0. The molecule has 0 radical (unpaired) electrons. The Bertz CT molecular complexity index is 972. The van der Waals surface area contributed by atoms with Gasteiger partial charge < -0.3 is 15.2 Å². The molecule has 2 amide bonds.